The lowest BCUT2D eigenvalue weighted by Crippen LogP contribution is -2.42. The van der Waals surface area contributed by atoms with Crippen molar-refractivity contribution in [1.29, 1.82) is 0 Å². The first kappa shape index (κ1) is 15.8. The van der Waals surface area contributed by atoms with Crippen LogP contribution in [0.3, 0.4) is 0 Å². The minimum Gasteiger partial charge on any atom is -0.493 e. The second-order valence-corrected chi connectivity index (χ2v) is 7.83. The molecule has 2 heterocycles. The predicted molar refractivity (Wildman–Crippen MR) is 86.2 cm³/mol. The molecule has 1 aromatic carbocycles. The van der Waals surface area contributed by atoms with Crippen LogP contribution in [0.15, 0.2) is 18.2 Å². The summed E-state index contributed by atoms with van der Waals surface area (Å²) < 4.78 is 35.0. The number of nitrogens with one attached hydrogen (secondary N) is 1. The van der Waals surface area contributed by atoms with E-state index in [1.54, 1.807) is 4.31 Å². The molecule has 0 aliphatic carbocycles. The van der Waals surface area contributed by atoms with E-state index in [4.69, 9.17) is 4.74 Å². The molecule has 1 fully saturated rings. The third-order valence-corrected chi connectivity index (χ3v) is 6.14. The molecule has 0 bridgehead atoms. The zero-order chi connectivity index (χ0) is 15.6. The number of hydrogen-bond donors (Lipinski definition) is 1. The number of nitrogens with zero attached hydrogens (tertiary/aromatic N) is 1. The highest BCUT2D eigenvalue weighted by Crippen LogP contribution is 2.28. The van der Waals surface area contributed by atoms with Gasteiger partial charge in [-0.1, -0.05) is 25.0 Å². The van der Waals surface area contributed by atoms with Crippen molar-refractivity contribution in [3.63, 3.8) is 0 Å². The van der Waals surface area contributed by atoms with E-state index in [0.29, 0.717) is 19.7 Å². The summed E-state index contributed by atoms with van der Waals surface area (Å²) in [5.41, 5.74) is 2.15. The highest BCUT2D eigenvalue weighted by Gasteiger charge is 2.25. The van der Waals surface area contributed by atoms with Crippen LogP contribution in [0, 0.1) is 0 Å². The maximum Gasteiger partial charge on any atom is 0.279 e. The molecule has 122 valence electrons. The van der Waals surface area contributed by atoms with E-state index < -0.39 is 10.2 Å². The molecule has 22 heavy (non-hydrogen) atoms. The van der Waals surface area contributed by atoms with Crippen molar-refractivity contribution < 1.29 is 13.2 Å². The molecule has 0 aromatic heterocycles. The van der Waals surface area contributed by atoms with Crippen LogP contribution in [0.2, 0.25) is 0 Å². The fourth-order valence-corrected chi connectivity index (χ4v) is 4.59. The molecule has 0 spiro atoms. The average Bonchev–Trinajstić information content (AvgIpc) is 2.77. The van der Waals surface area contributed by atoms with Crippen LogP contribution in [0.4, 0.5) is 0 Å². The van der Waals surface area contributed by atoms with Gasteiger partial charge in [-0.05, 0) is 37.0 Å². The fraction of sp³-hybridized carbons (Fsp3) is 0.625. The number of benzene rings is 1. The van der Waals surface area contributed by atoms with E-state index in [1.807, 2.05) is 19.1 Å². The van der Waals surface area contributed by atoms with E-state index in [0.717, 1.165) is 43.4 Å². The largest absolute Gasteiger partial charge is 0.493 e. The quantitative estimate of drug-likeness (QED) is 0.925. The summed E-state index contributed by atoms with van der Waals surface area (Å²) in [6.45, 7) is 3.86. The first-order valence-corrected chi connectivity index (χ1v) is 9.53. The summed E-state index contributed by atoms with van der Waals surface area (Å²) in [6.07, 6.45) is 5.03. The van der Waals surface area contributed by atoms with E-state index in [1.165, 1.54) is 5.56 Å². The molecule has 2 aliphatic heterocycles. The second-order valence-electron chi connectivity index (χ2n) is 6.12. The number of ether oxygens (including phenoxy) is 1. The monoisotopic (exact) mass is 324 g/mol. The second kappa shape index (κ2) is 6.56. The minimum atomic E-state index is -3.42. The van der Waals surface area contributed by atoms with Crippen LogP contribution in [-0.2, 0) is 16.6 Å². The summed E-state index contributed by atoms with van der Waals surface area (Å²) >= 11 is 0. The van der Waals surface area contributed by atoms with Crippen molar-refractivity contribution >= 4 is 10.2 Å². The molecule has 1 atom stereocenters. The molecular formula is C16H24N2O3S. The molecule has 0 unspecified atom stereocenters. The van der Waals surface area contributed by atoms with Crippen LogP contribution in [-0.4, -0.2) is 32.4 Å². The van der Waals surface area contributed by atoms with Gasteiger partial charge in [-0.2, -0.15) is 17.4 Å². The fourth-order valence-electron chi connectivity index (χ4n) is 3.12. The van der Waals surface area contributed by atoms with Crippen molar-refractivity contribution in [3.8, 4) is 5.75 Å². The minimum absolute atomic E-state index is 0.237. The van der Waals surface area contributed by atoms with Crippen molar-refractivity contribution in [3.05, 3.63) is 29.3 Å². The van der Waals surface area contributed by atoms with Gasteiger partial charge in [-0.25, -0.2) is 0 Å². The van der Waals surface area contributed by atoms with Crippen LogP contribution in [0.5, 0.6) is 5.75 Å². The van der Waals surface area contributed by atoms with Gasteiger partial charge in [-0.3, -0.25) is 0 Å². The SMILES string of the molecule is C[C@@H](NS(=O)(=O)N1CCCCCC1)c1ccc2c(c1)CCO2. The van der Waals surface area contributed by atoms with Gasteiger partial charge < -0.3 is 4.74 Å². The Kier molecular flexibility index (Phi) is 4.70. The van der Waals surface area contributed by atoms with Crippen LogP contribution in [0.25, 0.3) is 0 Å². The van der Waals surface area contributed by atoms with Crippen LogP contribution >= 0.6 is 0 Å². The van der Waals surface area contributed by atoms with Gasteiger partial charge in [0, 0.05) is 25.6 Å². The molecule has 1 saturated heterocycles. The van der Waals surface area contributed by atoms with E-state index >= 15 is 0 Å². The van der Waals surface area contributed by atoms with Crippen LogP contribution < -0.4 is 9.46 Å². The molecule has 0 saturated carbocycles. The topological polar surface area (TPSA) is 58.6 Å². The molecule has 3 rings (SSSR count). The van der Waals surface area contributed by atoms with E-state index in [9.17, 15) is 8.42 Å². The van der Waals surface area contributed by atoms with E-state index in [2.05, 4.69) is 10.8 Å². The molecule has 1 aromatic rings. The molecule has 6 heteroatoms. The third kappa shape index (κ3) is 3.45. The van der Waals surface area contributed by atoms with Crippen molar-refractivity contribution in [2.24, 2.45) is 0 Å². The van der Waals surface area contributed by atoms with Crippen molar-refractivity contribution in [1.82, 2.24) is 9.03 Å². The van der Waals surface area contributed by atoms with Gasteiger partial charge in [-0.15, -0.1) is 0 Å². The maximum atomic E-state index is 12.5. The highest BCUT2D eigenvalue weighted by atomic mass is 32.2. The lowest BCUT2D eigenvalue weighted by molar-refractivity contribution is 0.357. The first-order chi connectivity index (χ1) is 10.6. The zero-order valence-electron chi connectivity index (χ0n) is 13.0. The Labute approximate surface area is 132 Å². The number of rotatable bonds is 4. The summed E-state index contributed by atoms with van der Waals surface area (Å²) in [5.74, 6) is 0.923. The molecule has 0 radical (unpaired) electrons. The van der Waals surface area contributed by atoms with Crippen LogP contribution in [0.1, 0.15) is 49.8 Å². The molecule has 0 amide bonds. The molecular weight excluding hydrogens is 300 g/mol. The van der Waals surface area contributed by atoms with Gasteiger partial charge in [0.2, 0.25) is 0 Å². The lowest BCUT2D eigenvalue weighted by Gasteiger charge is -2.23. The standard InChI is InChI=1S/C16H24N2O3S/c1-13(14-6-7-16-15(12-14)8-11-21-16)17-22(19,20)18-9-4-2-3-5-10-18/h6-7,12-13,17H,2-5,8-11H2,1H3/t13-/m1/s1. The predicted octanol–water partition coefficient (Wildman–Crippen LogP) is 2.39. The Hall–Kier alpha value is -1.11. The van der Waals surface area contributed by atoms with E-state index in [-0.39, 0.29) is 6.04 Å². The highest BCUT2D eigenvalue weighted by molar-refractivity contribution is 7.87. The number of hydrogen-bond acceptors (Lipinski definition) is 3. The van der Waals surface area contributed by atoms with Gasteiger partial charge >= 0.3 is 0 Å². The Morgan fingerprint density at radius 2 is 1.91 bits per heavy atom. The Morgan fingerprint density at radius 1 is 1.18 bits per heavy atom. The van der Waals surface area contributed by atoms with Gasteiger partial charge in [0.25, 0.3) is 10.2 Å². The zero-order valence-corrected chi connectivity index (χ0v) is 13.9. The smallest absolute Gasteiger partial charge is 0.279 e. The molecule has 5 nitrogen and oxygen atoms in total. The maximum absolute atomic E-state index is 12.5. The van der Waals surface area contributed by atoms with Crippen molar-refractivity contribution in [2.75, 3.05) is 19.7 Å². The average molecular weight is 324 g/mol. The molecule has 2 aliphatic rings. The Balaban J connectivity index is 1.71. The summed E-state index contributed by atoms with van der Waals surface area (Å²) in [4.78, 5) is 0. The van der Waals surface area contributed by atoms with Crippen molar-refractivity contribution in [2.45, 2.75) is 45.1 Å². The summed E-state index contributed by atoms with van der Waals surface area (Å²) in [5, 5.41) is 0. The first-order valence-electron chi connectivity index (χ1n) is 8.09. The van der Waals surface area contributed by atoms with Gasteiger partial charge in [0.15, 0.2) is 0 Å². The van der Waals surface area contributed by atoms with Gasteiger partial charge in [0.05, 0.1) is 6.61 Å². The van der Waals surface area contributed by atoms with Gasteiger partial charge in [0.1, 0.15) is 5.75 Å². The summed E-state index contributed by atoms with van der Waals surface area (Å²) in [6, 6.07) is 5.70. The third-order valence-electron chi connectivity index (χ3n) is 4.44. The normalized spacial score (nSPS) is 21.0. The molecule has 1 N–H and O–H groups in total. The Bertz CT molecular complexity index is 622. The number of fused-ring (bicyclic) bond motifs is 1. The Morgan fingerprint density at radius 3 is 2.64 bits per heavy atom. The lowest BCUT2D eigenvalue weighted by atomic mass is 10.0. The summed E-state index contributed by atoms with van der Waals surface area (Å²) in [7, 11) is -3.42.